The van der Waals surface area contributed by atoms with Crippen LogP contribution in [0.4, 0.5) is 4.39 Å². The van der Waals surface area contributed by atoms with Crippen molar-refractivity contribution >= 4 is 33.3 Å². The molecule has 3 rings (SSSR count). The number of benzene rings is 1. The highest BCUT2D eigenvalue weighted by Gasteiger charge is 2.57. The summed E-state index contributed by atoms with van der Waals surface area (Å²) in [7, 11) is -2.10. The number of halogens is 2. The molecule has 1 aromatic carbocycles. The molecule has 6 nitrogen and oxygen atoms in total. The van der Waals surface area contributed by atoms with Gasteiger partial charge >= 0.3 is 0 Å². The molecule has 0 aliphatic carbocycles. The highest BCUT2D eigenvalue weighted by Crippen LogP contribution is 2.39. The molecule has 130 valence electrons. The van der Waals surface area contributed by atoms with Crippen molar-refractivity contribution in [3.63, 3.8) is 0 Å². The smallest absolute Gasteiger partial charge is 0.255 e. The van der Waals surface area contributed by atoms with Crippen molar-refractivity contribution in [2.45, 2.75) is 17.7 Å². The van der Waals surface area contributed by atoms with Crippen LogP contribution in [0.2, 0.25) is 5.02 Å². The molecule has 0 bridgehead atoms. The molecular formula is C15H16ClFN2O4S. The maximum Gasteiger partial charge on any atom is 0.255 e. The van der Waals surface area contributed by atoms with Gasteiger partial charge in [-0.2, -0.15) is 0 Å². The topological polar surface area (TPSA) is 74.8 Å². The van der Waals surface area contributed by atoms with Crippen LogP contribution in [0.5, 0.6) is 0 Å². The molecule has 0 atom stereocenters. The van der Waals surface area contributed by atoms with Crippen molar-refractivity contribution < 1.29 is 22.4 Å². The van der Waals surface area contributed by atoms with E-state index in [1.54, 1.807) is 0 Å². The third kappa shape index (κ3) is 2.48. The third-order valence-electron chi connectivity index (χ3n) is 4.87. The second-order valence-corrected chi connectivity index (χ2v) is 8.76. The lowest BCUT2D eigenvalue weighted by atomic mass is 10.0. The Hall–Kier alpha value is -1.67. The lowest BCUT2D eigenvalue weighted by Gasteiger charge is -2.41. The van der Waals surface area contributed by atoms with Crippen molar-refractivity contribution in [3.05, 3.63) is 34.6 Å². The number of carbonyl (C=O) groups excluding carboxylic acids is 2. The van der Waals surface area contributed by atoms with E-state index in [1.165, 1.54) is 22.9 Å². The predicted molar refractivity (Wildman–Crippen MR) is 85.8 cm³/mol. The fraction of sp³-hybridized carbons (Fsp3) is 0.467. The van der Waals surface area contributed by atoms with E-state index < -0.39 is 38.1 Å². The van der Waals surface area contributed by atoms with Crippen molar-refractivity contribution in [2.75, 3.05) is 25.9 Å². The molecule has 0 unspecified atom stereocenters. The summed E-state index contributed by atoms with van der Waals surface area (Å²) in [4.78, 5) is 25.8. The first kappa shape index (κ1) is 17.2. The second kappa shape index (κ2) is 5.70. The van der Waals surface area contributed by atoms with Crippen molar-refractivity contribution in [3.8, 4) is 0 Å². The highest BCUT2D eigenvalue weighted by molar-refractivity contribution is 7.93. The number of rotatable bonds is 1. The van der Waals surface area contributed by atoms with Crippen LogP contribution in [0.15, 0.2) is 18.2 Å². The average molecular weight is 375 g/mol. The van der Waals surface area contributed by atoms with Crippen LogP contribution < -0.4 is 0 Å². The first-order valence-corrected chi connectivity index (χ1v) is 9.44. The summed E-state index contributed by atoms with van der Waals surface area (Å²) in [6.07, 6.45) is 0.270. The Labute approximate surface area is 144 Å². The molecule has 2 heterocycles. The molecule has 1 spiro atoms. The van der Waals surface area contributed by atoms with Gasteiger partial charge in [0.1, 0.15) is 16.4 Å². The molecule has 2 aliphatic heterocycles. The predicted octanol–water partition coefficient (Wildman–Crippen LogP) is 1.30. The van der Waals surface area contributed by atoms with E-state index in [0.29, 0.717) is 0 Å². The van der Waals surface area contributed by atoms with E-state index in [1.807, 2.05) is 0 Å². The van der Waals surface area contributed by atoms with Gasteiger partial charge in [0.25, 0.3) is 5.91 Å². The lowest BCUT2D eigenvalue weighted by Crippen LogP contribution is -2.55. The molecule has 0 aromatic heterocycles. The van der Waals surface area contributed by atoms with Gasteiger partial charge < -0.3 is 9.80 Å². The maximum absolute atomic E-state index is 13.4. The minimum atomic E-state index is -3.58. The maximum atomic E-state index is 13.4. The average Bonchev–Trinajstić information content (AvgIpc) is 2.70. The van der Waals surface area contributed by atoms with Crippen LogP contribution in [-0.2, 0) is 14.6 Å². The van der Waals surface area contributed by atoms with Gasteiger partial charge in [-0.3, -0.25) is 9.59 Å². The normalized spacial score (nSPS) is 22.2. The molecule has 24 heavy (non-hydrogen) atoms. The van der Waals surface area contributed by atoms with Crippen LogP contribution >= 0.6 is 11.6 Å². The van der Waals surface area contributed by atoms with Crippen molar-refractivity contribution in [2.24, 2.45) is 0 Å². The number of sulfone groups is 1. The van der Waals surface area contributed by atoms with Crippen LogP contribution in [0.1, 0.15) is 23.2 Å². The molecule has 2 saturated heterocycles. The van der Waals surface area contributed by atoms with E-state index >= 15 is 0 Å². The Morgan fingerprint density at radius 1 is 1.29 bits per heavy atom. The first-order valence-electron chi connectivity index (χ1n) is 7.41. The van der Waals surface area contributed by atoms with Gasteiger partial charge in [-0.15, -0.1) is 0 Å². The molecule has 2 amide bonds. The third-order valence-corrected chi connectivity index (χ3v) is 7.67. The number of carbonyl (C=O) groups is 2. The fourth-order valence-corrected chi connectivity index (χ4v) is 5.68. The number of hydrogen-bond acceptors (Lipinski definition) is 4. The second-order valence-electron chi connectivity index (χ2n) is 6.07. The summed E-state index contributed by atoms with van der Waals surface area (Å²) >= 11 is 5.96. The van der Waals surface area contributed by atoms with E-state index in [2.05, 4.69) is 0 Å². The van der Waals surface area contributed by atoms with E-state index in [0.717, 1.165) is 12.1 Å². The van der Waals surface area contributed by atoms with Gasteiger partial charge in [0.15, 0.2) is 9.84 Å². The first-order chi connectivity index (χ1) is 11.2. The number of likely N-dealkylation sites (tertiary alicyclic amines) is 1. The summed E-state index contributed by atoms with van der Waals surface area (Å²) in [6, 6.07) is 3.54. The Morgan fingerprint density at radius 3 is 2.46 bits per heavy atom. The fourth-order valence-electron chi connectivity index (χ4n) is 3.37. The molecule has 0 saturated carbocycles. The largest absolute Gasteiger partial charge is 0.338 e. The minimum absolute atomic E-state index is 0.0475. The SMILES string of the molecule is CN1C(=O)CS(=O)(=O)C12CCN(C(=O)c1cc(F)ccc1Cl)CC2. The molecule has 1 aromatic rings. The van der Waals surface area contributed by atoms with Crippen molar-refractivity contribution in [1.29, 1.82) is 0 Å². The number of piperidine rings is 1. The lowest BCUT2D eigenvalue weighted by molar-refractivity contribution is -0.129. The summed E-state index contributed by atoms with van der Waals surface area (Å²) in [5, 5.41) is 0.141. The van der Waals surface area contributed by atoms with E-state index in [4.69, 9.17) is 11.6 Å². The monoisotopic (exact) mass is 374 g/mol. The van der Waals surface area contributed by atoms with E-state index in [9.17, 15) is 22.4 Å². The zero-order valence-corrected chi connectivity index (χ0v) is 14.5. The summed E-state index contributed by atoms with van der Waals surface area (Å²) in [5.74, 6) is -1.94. The van der Waals surface area contributed by atoms with Gasteiger partial charge in [-0.05, 0) is 18.2 Å². The quantitative estimate of drug-likeness (QED) is 0.742. The number of amides is 2. The molecule has 2 fully saturated rings. The van der Waals surface area contributed by atoms with E-state index in [-0.39, 0.29) is 36.5 Å². The molecule has 2 aliphatic rings. The summed E-state index contributed by atoms with van der Waals surface area (Å²) in [6.45, 7) is 0.311. The number of hydrogen-bond donors (Lipinski definition) is 0. The van der Waals surface area contributed by atoms with Gasteiger partial charge in [-0.1, -0.05) is 11.6 Å². The summed E-state index contributed by atoms with van der Waals surface area (Å²) in [5.41, 5.74) is 0.0475. The van der Waals surface area contributed by atoms with Gasteiger partial charge in [0.05, 0.1) is 10.6 Å². The Kier molecular flexibility index (Phi) is 4.08. The van der Waals surface area contributed by atoms with Gasteiger partial charge in [0.2, 0.25) is 5.91 Å². The zero-order chi connectivity index (χ0) is 17.7. The highest BCUT2D eigenvalue weighted by atomic mass is 35.5. The Bertz CT molecular complexity index is 819. The molecule has 0 N–H and O–H groups in total. The Morgan fingerprint density at radius 2 is 1.92 bits per heavy atom. The standard InChI is InChI=1S/C15H16ClFN2O4S/c1-18-13(20)9-24(22,23)15(18)4-6-19(7-5-15)14(21)11-8-10(17)2-3-12(11)16/h2-3,8H,4-7,9H2,1H3. The summed E-state index contributed by atoms with van der Waals surface area (Å²) < 4.78 is 38.1. The zero-order valence-electron chi connectivity index (χ0n) is 13.0. The van der Waals surface area contributed by atoms with Crippen LogP contribution in [0.25, 0.3) is 0 Å². The van der Waals surface area contributed by atoms with Crippen LogP contribution in [0, 0.1) is 5.82 Å². The number of nitrogens with zero attached hydrogens (tertiary/aromatic N) is 2. The van der Waals surface area contributed by atoms with Gasteiger partial charge in [0, 0.05) is 33.0 Å². The molecule has 0 radical (unpaired) electrons. The Balaban J connectivity index is 1.82. The van der Waals surface area contributed by atoms with Gasteiger partial charge in [-0.25, -0.2) is 12.8 Å². The van der Waals surface area contributed by atoms with Crippen LogP contribution in [-0.4, -0.2) is 60.8 Å². The van der Waals surface area contributed by atoms with Crippen molar-refractivity contribution in [1.82, 2.24) is 9.80 Å². The molecule has 9 heteroatoms. The van der Waals surface area contributed by atoms with Crippen LogP contribution in [0.3, 0.4) is 0 Å². The molecular weight excluding hydrogens is 359 g/mol. The minimum Gasteiger partial charge on any atom is -0.338 e.